The zero-order chi connectivity index (χ0) is 59.6. The molecule has 0 atom stereocenters. The minimum Gasteiger partial charge on any atom is -0.456 e. The van der Waals surface area contributed by atoms with Crippen LogP contribution in [0.2, 0.25) is 0 Å². The van der Waals surface area contributed by atoms with Gasteiger partial charge in [-0.3, -0.25) is 0 Å². The number of furan rings is 1. The predicted molar refractivity (Wildman–Crippen MR) is 218 cm³/mol. The first-order valence-electron chi connectivity index (χ1n) is 30.2. The molecule has 0 unspecified atom stereocenters. The summed E-state index contributed by atoms with van der Waals surface area (Å²) in [5.74, 6) is 0. The van der Waals surface area contributed by atoms with Gasteiger partial charge in [-0.15, -0.1) is 0 Å². The van der Waals surface area contributed by atoms with Gasteiger partial charge in [-0.1, -0.05) is 163 Å². The van der Waals surface area contributed by atoms with Crippen LogP contribution in [0.5, 0.6) is 0 Å². The van der Waals surface area contributed by atoms with E-state index in [0.717, 1.165) is 0 Å². The van der Waals surface area contributed by atoms with Crippen LogP contribution in [0.4, 0.5) is 0 Å². The Morgan fingerprint density at radius 3 is 1.41 bits per heavy atom. The molecule has 1 heterocycles. The molecule has 0 saturated heterocycles. The van der Waals surface area contributed by atoms with Gasteiger partial charge in [0.05, 0.1) is 41.1 Å². The van der Waals surface area contributed by atoms with Crippen molar-refractivity contribution in [2.24, 2.45) is 0 Å². The molecule has 11 aromatic rings. The molecule has 0 N–H and O–H groups in total. The third-order valence-corrected chi connectivity index (χ3v) is 8.64. The van der Waals surface area contributed by atoms with E-state index in [9.17, 15) is 16.4 Å². The second kappa shape index (κ2) is 10.9. The quantitative estimate of drug-likeness (QED) is 0.170. The maximum absolute atomic E-state index is 10.1. The first-order valence-corrected chi connectivity index (χ1v) is 15.2. The summed E-state index contributed by atoms with van der Waals surface area (Å²) in [7, 11) is 0. The van der Waals surface area contributed by atoms with E-state index in [1.807, 2.05) is 0 Å². The van der Waals surface area contributed by atoms with Gasteiger partial charge in [0.25, 0.3) is 0 Å². The average Bonchev–Trinajstić information content (AvgIpc) is 3.89. The Hall–Kier alpha value is -6.70. The lowest BCUT2D eigenvalue weighted by Gasteiger charge is -2.20. The number of benzene rings is 10. The van der Waals surface area contributed by atoms with Crippen molar-refractivity contribution in [2.75, 3.05) is 0 Å². The highest BCUT2D eigenvalue weighted by Crippen LogP contribution is 2.48. The van der Waals surface area contributed by atoms with Crippen molar-refractivity contribution >= 4 is 75.8 Å². The first-order chi connectivity index (χ1) is 37.8. The second-order valence-corrected chi connectivity index (χ2v) is 11.3. The summed E-state index contributed by atoms with van der Waals surface area (Å²) in [4.78, 5) is 0. The van der Waals surface area contributed by atoms with Gasteiger partial charge in [0.15, 0.2) is 0 Å². The van der Waals surface area contributed by atoms with Crippen molar-refractivity contribution in [3.63, 3.8) is 0 Å². The Balaban J connectivity index is 1.46. The summed E-state index contributed by atoms with van der Waals surface area (Å²) < 4.78 is 280. The Labute approximate surface area is 336 Å². The van der Waals surface area contributed by atoms with Crippen LogP contribution in [-0.2, 0) is 0 Å². The first kappa shape index (κ1) is 11.7. The van der Waals surface area contributed by atoms with Crippen LogP contribution >= 0.6 is 0 Å². The molecule has 1 aromatic heterocycles. The Kier molecular flexibility index (Phi) is 2.50. The second-order valence-electron chi connectivity index (χ2n) is 11.3. The highest BCUT2D eigenvalue weighted by Gasteiger charge is 2.21. The molecule has 0 amide bonds. The fourth-order valence-electron chi connectivity index (χ4n) is 6.54. The summed E-state index contributed by atoms with van der Waals surface area (Å²) >= 11 is 0. The third-order valence-electron chi connectivity index (χ3n) is 8.64. The predicted octanol–water partition coefficient (Wildman–Crippen LogP) is 14.4. The van der Waals surface area contributed by atoms with Gasteiger partial charge in [0, 0.05) is 10.8 Å². The molecule has 11 rings (SSSR count). The number of rotatable bonds is 3. The molecule has 0 radical (unpaired) electrons. The van der Waals surface area contributed by atoms with Gasteiger partial charge >= 0.3 is 0 Å². The lowest BCUT2D eigenvalue weighted by atomic mass is 9.83. The molecule has 51 heavy (non-hydrogen) atoms. The van der Waals surface area contributed by atoms with Gasteiger partial charge in [-0.25, -0.2) is 0 Å². The van der Waals surface area contributed by atoms with E-state index in [1.54, 1.807) is 0 Å². The minimum absolute atomic E-state index is 0.493. The van der Waals surface area contributed by atoms with Crippen molar-refractivity contribution in [1.82, 2.24) is 0 Å². The highest BCUT2D eigenvalue weighted by atomic mass is 16.3. The van der Waals surface area contributed by atoms with Gasteiger partial charge in [-0.05, 0) is 105 Å². The summed E-state index contributed by atoms with van der Waals surface area (Å²) in [5.41, 5.74) is -6.01. The standard InChI is InChI=1S/C50H30O/c1-2-15-33-30-47-45(29-32(33)14-1)50-39(25-12-26-46(50)51-47)37-27-28-44(36-19-6-5-18-35(36)37)49-42-22-9-7-20-40(42)48(41-21-8-10-23-43(41)49)38-24-11-16-31-13-3-4-17-34(31)38/h1-30H/i1D,2D,3D,4D,5D,6D,7D,8D,9D,10D,11D,12D,13D,14D,15D,16D,17D,18D,19D,20D,21D,22D,23D,24D,25D,26D,27D,28D,29D,30D. The van der Waals surface area contributed by atoms with E-state index >= 15 is 0 Å². The molecule has 10 aromatic carbocycles. The molecule has 1 nitrogen and oxygen atoms in total. The fourth-order valence-corrected chi connectivity index (χ4v) is 6.54. The van der Waals surface area contributed by atoms with Crippen molar-refractivity contribution in [1.29, 1.82) is 0 Å². The zero-order valence-corrected chi connectivity index (χ0v) is 25.4. The monoisotopic (exact) mass is 676 g/mol. The van der Waals surface area contributed by atoms with Gasteiger partial charge in [0.1, 0.15) is 11.2 Å². The van der Waals surface area contributed by atoms with Crippen LogP contribution in [-0.4, -0.2) is 0 Å². The zero-order valence-electron chi connectivity index (χ0n) is 55.4. The molecular weight excluding hydrogens is 617 g/mol. The van der Waals surface area contributed by atoms with Gasteiger partial charge < -0.3 is 4.42 Å². The minimum atomic E-state index is -1.15. The summed E-state index contributed by atoms with van der Waals surface area (Å²) in [6.45, 7) is 0. The smallest absolute Gasteiger partial charge is 0.136 e. The van der Waals surface area contributed by atoms with E-state index in [-0.39, 0.29) is 0 Å². The molecule has 0 aliphatic carbocycles. The maximum atomic E-state index is 10.1. The van der Waals surface area contributed by atoms with Crippen LogP contribution in [0.1, 0.15) is 41.1 Å². The number of hydrogen-bond acceptors (Lipinski definition) is 1. The lowest BCUT2D eigenvalue weighted by molar-refractivity contribution is 0.669. The van der Waals surface area contributed by atoms with Crippen molar-refractivity contribution in [3.8, 4) is 33.4 Å². The maximum Gasteiger partial charge on any atom is 0.136 e. The van der Waals surface area contributed by atoms with Crippen molar-refractivity contribution < 1.29 is 45.5 Å². The number of hydrogen-bond donors (Lipinski definition) is 0. The fraction of sp³-hybridized carbons (Fsp3) is 0. The van der Waals surface area contributed by atoms with Crippen LogP contribution in [0.3, 0.4) is 0 Å². The largest absolute Gasteiger partial charge is 0.456 e. The molecule has 1 heteroatoms. The van der Waals surface area contributed by atoms with E-state index in [2.05, 4.69) is 0 Å². The molecule has 0 spiro atoms. The topological polar surface area (TPSA) is 13.1 Å². The van der Waals surface area contributed by atoms with Crippen LogP contribution in [0.25, 0.3) is 109 Å². The molecule has 0 saturated carbocycles. The third kappa shape index (κ3) is 4.16. The van der Waals surface area contributed by atoms with E-state index in [0.29, 0.717) is 0 Å². The Morgan fingerprint density at radius 2 is 0.745 bits per heavy atom. The SMILES string of the molecule is [2H]c1c([2H])c(-c2c([2H])c([2H])c(-c3c4c([2H])c([2H])c([2H])c([2H])c4c(-c4c([2H])c([2H])c([2H])c5c([2H])c([2H])c([2H])c([2H])c45)c4c([2H])c([2H])c([2H])c([2H])c34)c3c([2H])c([2H])c([2H])c([2H])c23)c2c(oc3c([2H])c4c([2H])c([2H])c([2H])c([2H])c4c([2H])c32)c1[2H]. The summed E-state index contributed by atoms with van der Waals surface area (Å²) in [5, 5.41) is -8.27. The highest BCUT2D eigenvalue weighted by molar-refractivity contribution is 6.26. The molecular formula is C50H30O. The van der Waals surface area contributed by atoms with Crippen LogP contribution < -0.4 is 0 Å². The van der Waals surface area contributed by atoms with Crippen molar-refractivity contribution in [2.45, 2.75) is 0 Å². The van der Waals surface area contributed by atoms with Crippen molar-refractivity contribution in [3.05, 3.63) is 181 Å². The van der Waals surface area contributed by atoms with Crippen LogP contribution in [0, 0.1) is 0 Å². The summed E-state index contributed by atoms with van der Waals surface area (Å²) in [6, 6.07) is -28.8. The van der Waals surface area contributed by atoms with Gasteiger partial charge in [-0.2, -0.15) is 0 Å². The molecule has 0 bridgehead atoms. The average molecular weight is 677 g/mol. The normalized spacial score (nSPS) is 20.2. The molecule has 0 fully saturated rings. The lowest BCUT2D eigenvalue weighted by Crippen LogP contribution is -1.93. The van der Waals surface area contributed by atoms with Gasteiger partial charge in [0.2, 0.25) is 0 Å². The molecule has 236 valence electrons. The van der Waals surface area contributed by atoms with E-state index < -0.39 is 290 Å². The summed E-state index contributed by atoms with van der Waals surface area (Å²) in [6.07, 6.45) is 0. The Morgan fingerprint density at radius 1 is 0.294 bits per heavy atom. The van der Waals surface area contributed by atoms with E-state index in [4.69, 9.17) is 29.1 Å². The van der Waals surface area contributed by atoms with Crippen LogP contribution in [0.15, 0.2) is 186 Å². The molecule has 0 aliphatic heterocycles. The van der Waals surface area contributed by atoms with E-state index in [1.165, 1.54) is 0 Å². The Bertz CT molecular complexity index is 4840. The number of fused-ring (bicyclic) bond motifs is 8. The molecule has 0 aliphatic rings.